The first-order valence-corrected chi connectivity index (χ1v) is 5.59. The van der Waals surface area contributed by atoms with Crippen LogP contribution in [-0.4, -0.2) is 24.2 Å². The maximum atomic E-state index is 13.5. The van der Waals surface area contributed by atoms with Gasteiger partial charge in [0.2, 0.25) is 0 Å². The van der Waals surface area contributed by atoms with Crippen molar-refractivity contribution in [2.24, 2.45) is 0 Å². The molecule has 1 rings (SSSR count). The Morgan fingerprint density at radius 1 is 1.50 bits per heavy atom. The molecule has 0 aliphatic rings. The van der Waals surface area contributed by atoms with Crippen molar-refractivity contribution in [3.63, 3.8) is 0 Å². The van der Waals surface area contributed by atoms with Crippen LogP contribution in [0.5, 0.6) is 0 Å². The molecule has 0 radical (unpaired) electrons. The molecule has 0 aliphatic heterocycles. The van der Waals surface area contributed by atoms with Crippen molar-refractivity contribution in [2.75, 3.05) is 13.2 Å². The quantitative estimate of drug-likeness (QED) is 0.808. The predicted octanol–water partition coefficient (Wildman–Crippen LogP) is 2.30. The van der Waals surface area contributed by atoms with Crippen LogP contribution in [0.15, 0.2) is 18.5 Å². The Morgan fingerprint density at radius 3 is 2.81 bits per heavy atom. The number of halogens is 1. The molecule has 1 aromatic rings. The second-order valence-electron chi connectivity index (χ2n) is 3.89. The van der Waals surface area contributed by atoms with E-state index in [1.807, 2.05) is 20.8 Å². The van der Waals surface area contributed by atoms with Gasteiger partial charge in [0.25, 0.3) is 0 Å². The summed E-state index contributed by atoms with van der Waals surface area (Å²) in [6.45, 7) is 7.15. The minimum Gasteiger partial charge on any atom is -0.377 e. The second kappa shape index (κ2) is 6.55. The van der Waals surface area contributed by atoms with Crippen molar-refractivity contribution in [1.82, 2.24) is 10.3 Å². The Hall–Kier alpha value is -1.00. The van der Waals surface area contributed by atoms with E-state index < -0.39 is 0 Å². The molecule has 1 unspecified atom stereocenters. The van der Waals surface area contributed by atoms with Gasteiger partial charge in [-0.3, -0.25) is 4.98 Å². The third-order valence-electron chi connectivity index (χ3n) is 2.23. The fourth-order valence-electron chi connectivity index (χ4n) is 1.46. The third kappa shape index (κ3) is 3.87. The number of rotatable bonds is 6. The Bertz CT molecular complexity index is 318. The van der Waals surface area contributed by atoms with Gasteiger partial charge in [-0.2, -0.15) is 0 Å². The van der Waals surface area contributed by atoms with Gasteiger partial charge in [-0.15, -0.1) is 0 Å². The minimum atomic E-state index is -0.291. The van der Waals surface area contributed by atoms with Gasteiger partial charge in [0.1, 0.15) is 5.82 Å². The lowest BCUT2D eigenvalue weighted by atomic mass is 10.1. The van der Waals surface area contributed by atoms with E-state index in [1.165, 1.54) is 6.20 Å². The van der Waals surface area contributed by atoms with E-state index in [4.69, 9.17) is 4.74 Å². The molecular formula is C12H19FN2O. The molecular weight excluding hydrogens is 207 g/mol. The number of pyridine rings is 1. The number of hydrogen-bond donors (Lipinski definition) is 1. The smallest absolute Gasteiger partial charge is 0.146 e. The van der Waals surface area contributed by atoms with E-state index in [0.717, 1.165) is 6.54 Å². The lowest BCUT2D eigenvalue weighted by molar-refractivity contribution is 0.0607. The maximum absolute atomic E-state index is 13.5. The molecule has 0 spiro atoms. The third-order valence-corrected chi connectivity index (χ3v) is 2.23. The van der Waals surface area contributed by atoms with E-state index in [-0.39, 0.29) is 18.0 Å². The van der Waals surface area contributed by atoms with Gasteiger partial charge >= 0.3 is 0 Å². The first-order chi connectivity index (χ1) is 7.65. The number of ether oxygens (including phenoxy) is 1. The molecule has 90 valence electrons. The van der Waals surface area contributed by atoms with Gasteiger partial charge in [0.15, 0.2) is 0 Å². The fourth-order valence-corrected chi connectivity index (χ4v) is 1.46. The molecule has 1 atom stereocenters. The summed E-state index contributed by atoms with van der Waals surface area (Å²) in [6.07, 6.45) is 2.97. The molecule has 4 heteroatoms. The Labute approximate surface area is 96.0 Å². The Kier molecular flexibility index (Phi) is 5.35. The SMILES string of the molecule is CCNC(COC(C)C)c1ccncc1F. The van der Waals surface area contributed by atoms with Crippen LogP contribution in [0.1, 0.15) is 32.4 Å². The van der Waals surface area contributed by atoms with Crippen molar-refractivity contribution in [2.45, 2.75) is 32.9 Å². The highest BCUT2D eigenvalue weighted by Crippen LogP contribution is 2.16. The van der Waals surface area contributed by atoms with Crippen LogP contribution in [0.2, 0.25) is 0 Å². The molecule has 1 aromatic heterocycles. The highest BCUT2D eigenvalue weighted by molar-refractivity contribution is 5.17. The summed E-state index contributed by atoms with van der Waals surface area (Å²) < 4.78 is 19.0. The van der Waals surface area contributed by atoms with Gasteiger partial charge < -0.3 is 10.1 Å². The van der Waals surface area contributed by atoms with Gasteiger partial charge in [0.05, 0.1) is 24.9 Å². The summed E-state index contributed by atoms with van der Waals surface area (Å²) >= 11 is 0. The second-order valence-corrected chi connectivity index (χ2v) is 3.89. The summed E-state index contributed by atoms with van der Waals surface area (Å²) in [7, 11) is 0. The standard InChI is InChI=1S/C12H19FN2O/c1-4-15-12(8-16-9(2)3)10-5-6-14-7-11(10)13/h5-7,9,12,15H,4,8H2,1-3H3. The topological polar surface area (TPSA) is 34.1 Å². The molecule has 0 bridgehead atoms. The zero-order chi connectivity index (χ0) is 12.0. The summed E-state index contributed by atoms with van der Waals surface area (Å²) in [4.78, 5) is 3.74. The lowest BCUT2D eigenvalue weighted by Crippen LogP contribution is -2.27. The first kappa shape index (κ1) is 13.1. The van der Waals surface area contributed by atoms with Crippen LogP contribution < -0.4 is 5.32 Å². The Morgan fingerprint density at radius 2 is 2.25 bits per heavy atom. The van der Waals surface area contributed by atoms with Crippen molar-refractivity contribution in [3.05, 3.63) is 29.8 Å². The molecule has 1 heterocycles. The predicted molar refractivity (Wildman–Crippen MR) is 61.7 cm³/mol. The summed E-state index contributed by atoms with van der Waals surface area (Å²) in [5, 5.41) is 3.20. The van der Waals surface area contributed by atoms with Crippen LogP contribution in [0.3, 0.4) is 0 Å². The van der Waals surface area contributed by atoms with E-state index in [2.05, 4.69) is 10.3 Å². The van der Waals surface area contributed by atoms with Crippen molar-refractivity contribution >= 4 is 0 Å². The summed E-state index contributed by atoms with van der Waals surface area (Å²) in [5.74, 6) is -0.291. The van der Waals surface area contributed by atoms with Gasteiger partial charge in [-0.1, -0.05) is 6.92 Å². The number of aromatic nitrogens is 1. The van der Waals surface area contributed by atoms with E-state index in [0.29, 0.717) is 12.2 Å². The van der Waals surface area contributed by atoms with Crippen LogP contribution >= 0.6 is 0 Å². The molecule has 0 fully saturated rings. The number of hydrogen-bond acceptors (Lipinski definition) is 3. The molecule has 0 saturated carbocycles. The van der Waals surface area contributed by atoms with Gasteiger partial charge in [0, 0.05) is 11.8 Å². The average molecular weight is 226 g/mol. The monoisotopic (exact) mass is 226 g/mol. The zero-order valence-electron chi connectivity index (χ0n) is 10.0. The van der Waals surface area contributed by atoms with E-state index >= 15 is 0 Å². The molecule has 0 aliphatic carbocycles. The van der Waals surface area contributed by atoms with Crippen molar-refractivity contribution in [3.8, 4) is 0 Å². The molecule has 0 amide bonds. The van der Waals surface area contributed by atoms with Crippen LogP contribution in [-0.2, 0) is 4.74 Å². The number of likely N-dealkylation sites (N-methyl/N-ethyl adjacent to an activating group) is 1. The fraction of sp³-hybridized carbons (Fsp3) is 0.583. The van der Waals surface area contributed by atoms with Crippen LogP contribution in [0.25, 0.3) is 0 Å². The largest absolute Gasteiger partial charge is 0.377 e. The number of nitrogens with one attached hydrogen (secondary N) is 1. The highest BCUT2D eigenvalue weighted by atomic mass is 19.1. The number of nitrogens with zero attached hydrogens (tertiary/aromatic N) is 1. The Balaban J connectivity index is 2.73. The van der Waals surface area contributed by atoms with Crippen LogP contribution in [0, 0.1) is 5.82 Å². The highest BCUT2D eigenvalue weighted by Gasteiger charge is 2.15. The summed E-state index contributed by atoms with van der Waals surface area (Å²) in [5.41, 5.74) is 0.609. The van der Waals surface area contributed by atoms with Crippen molar-refractivity contribution < 1.29 is 9.13 Å². The maximum Gasteiger partial charge on any atom is 0.146 e. The normalized spacial score (nSPS) is 13.1. The van der Waals surface area contributed by atoms with E-state index in [1.54, 1.807) is 12.3 Å². The van der Waals surface area contributed by atoms with Crippen LogP contribution in [0.4, 0.5) is 4.39 Å². The zero-order valence-corrected chi connectivity index (χ0v) is 10.0. The van der Waals surface area contributed by atoms with Gasteiger partial charge in [-0.05, 0) is 26.5 Å². The van der Waals surface area contributed by atoms with E-state index in [9.17, 15) is 4.39 Å². The minimum absolute atomic E-state index is 0.115. The molecule has 0 aromatic carbocycles. The summed E-state index contributed by atoms with van der Waals surface area (Å²) in [6, 6.07) is 1.57. The molecule has 16 heavy (non-hydrogen) atoms. The lowest BCUT2D eigenvalue weighted by Gasteiger charge is -2.20. The molecule has 3 nitrogen and oxygen atoms in total. The van der Waals surface area contributed by atoms with Gasteiger partial charge in [-0.25, -0.2) is 4.39 Å². The molecule has 1 N–H and O–H groups in total. The first-order valence-electron chi connectivity index (χ1n) is 5.59. The average Bonchev–Trinajstić information content (AvgIpc) is 2.25. The molecule has 0 saturated heterocycles. The van der Waals surface area contributed by atoms with Crippen molar-refractivity contribution in [1.29, 1.82) is 0 Å².